The van der Waals surface area contributed by atoms with Crippen molar-refractivity contribution in [3.05, 3.63) is 64.4 Å². The molecule has 0 unspecified atom stereocenters. The van der Waals surface area contributed by atoms with Gasteiger partial charge < -0.3 is 16.0 Å². The van der Waals surface area contributed by atoms with Gasteiger partial charge in [0.15, 0.2) is 0 Å². The zero-order valence-electron chi connectivity index (χ0n) is 15.7. The number of likely N-dealkylation sites (tertiary alicyclic amines) is 1. The maximum absolute atomic E-state index is 13.9. The van der Waals surface area contributed by atoms with Gasteiger partial charge in [-0.05, 0) is 37.1 Å². The van der Waals surface area contributed by atoms with E-state index in [0.717, 1.165) is 0 Å². The molecule has 152 valence electrons. The van der Waals surface area contributed by atoms with Gasteiger partial charge in [-0.25, -0.2) is 4.39 Å². The van der Waals surface area contributed by atoms with E-state index >= 15 is 0 Å². The smallest absolute Gasteiger partial charge is 0.255 e. The van der Waals surface area contributed by atoms with Gasteiger partial charge >= 0.3 is 0 Å². The Balaban J connectivity index is 1.71. The van der Waals surface area contributed by atoms with Crippen molar-refractivity contribution < 1.29 is 18.8 Å². The number of halogens is 2. The first-order valence-corrected chi connectivity index (χ1v) is 9.65. The fraction of sp³-hybridized carbons (Fsp3) is 0.286. The maximum atomic E-state index is 13.9. The summed E-state index contributed by atoms with van der Waals surface area (Å²) in [5.74, 6) is -1.86. The summed E-state index contributed by atoms with van der Waals surface area (Å²) in [6, 6.07) is 10.9. The van der Waals surface area contributed by atoms with E-state index in [-0.39, 0.29) is 34.7 Å². The zero-order chi connectivity index (χ0) is 21.0. The zero-order valence-corrected chi connectivity index (χ0v) is 16.4. The highest BCUT2D eigenvalue weighted by molar-refractivity contribution is 6.31. The Hall–Kier alpha value is -2.93. The van der Waals surface area contributed by atoms with Gasteiger partial charge in [-0.15, -0.1) is 0 Å². The maximum Gasteiger partial charge on any atom is 0.255 e. The van der Waals surface area contributed by atoms with Crippen LogP contribution in [0.15, 0.2) is 42.5 Å². The van der Waals surface area contributed by atoms with Crippen LogP contribution < -0.4 is 11.1 Å². The predicted molar refractivity (Wildman–Crippen MR) is 108 cm³/mol. The van der Waals surface area contributed by atoms with Crippen molar-refractivity contribution in [2.75, 3.05) is 18.4 Å². The highest BCUT2D eigenvalue weighted by atomic mass is 35.5. The highest BCUT2D eigenvalue weighted by Gasteiger charge is 2.27. The third-order valence-electron chi connectivity index (χ3n) is 5.02. The standard InChI is InChI=1S/C21H21ClFN3O3/c22-16-5-3-6-17(23)15(16)12-19(27)25-18-7-2-1-4-14(18)21(29)26-10-8-13(9-11-26)20(24)28/h1-7,13H,8-12H2,(H2,24,28)(H,25,27). The Bertz CT molecular complexity index is 922. The number of carbonyl (C=O) groups excluding carboxylic acids is 3. The molecule has 8 heteroatoms. The van der Waals surface area contributed by atoms with Crippen LogP contribution in [0.25, 0.3) is 0 Å². The van der Waals surface area contributed by atoms with Gasteiger partial charge in [0, 0.05) is 29.6 Å². The van der Waals surface area contributed by atoms with Crippen molar-refractivity contribution in [2.45, 2.75) is 19.3 Å². The van der Waals surface area contributed by atoms with E-state index in [2.05, 4.69) is 5.32 Å². The first-order chi connectivity index (χ1) is 13.9. The molecule has 1 aliphatic rings. The van der Waals surface area contributed by atoms with Crippen molar-refractivity contribution in [1.82, 2.24) is 4.90 Å². The Morgan fingerprint density at radius 1 is 1.10 bits per heavy atom. The van der Waals surface area contributed by atoms with Crippen LogP contribution in [0.3, 0.4) is 0 Å². The normalized spacial score (nSPS) is 14.5. The molecule has 3 amide bonds. The van der Waals surface area contributed by atoms with E-state index in [1.54, 1.807) is 29.2 Å². The molecule has 2 aromatic rings. The molecule has 0 aromatic heterocycles. The van der Waals surface area contributed by atoms with Gasteiger partial charge in [0.2, 0.25) is 11.8 Å². The van der Waals surface area contributed by atoms with Gasteiger partial charge in [0.25, 0.3) is 5.91 Å². The number of para-hydroxylation sites is 1. The molecule has 0 spiro atoms. The fourth-order valence-electron chi connectivity index (χ4n) is 3.37. The van der Waals surface area contributed by atoms with E-state index in [4.69, 9.17) is 17.3 Å². The molecule has 1 saturated heterocycles. The molecule has 1 heterocycles. The first kappa shape index (κ1) is 20.8. The lowest BCUT2D eigenvalue weighted by molar-refractivity contribution is -0.123. The van der Waals surface area contributed by atoms with Gasteiger partial charge in [-0.1, -0.05) is 29.8 Å². The molecule has 3 N–H and O–H groups in total. The molecular weight excluding hydrogens is 397 g/mol. The topological polar surface area (TPSA) is 92.5 Å². The van der Waals surface area contributed by atoms with Crippen LogP contribution in [0.5, 0.6) is 0 Å². The molecule has 0 aliphatic carbocycles. The van der Waals surface area contributed by atoms with Gasteiger partial charge in [-0.3, -0.25) is 14.4 Å². The van der Waals surface area contributed by atoms with Gasteiger partial charge in [0.05, 0.1) is 17.7 Å². The number of nitrogens with zero attached hydrogens (tertiary/aromatic N) is 1. The SMILES string of the molecule is NC(=O)C1CCN(C(=O)c2ccccc2NC(=O)Cc2c(F)cccc2Cl)CC1. The van der Waals surface area contributed by atoms with Crippen LogP contribution in [0.2, 0.25) is 5.02 Å². The van der Waals surface area contributed by atoms with E-state index in [1.165, 1.54) is 18.2 Å². The van der Waals surface area contributed by atoms with Crippen molar-refractivity contribution in [3.8, 4) is 0 Å². The summed E-state index contributed by atoms with van der Waals surface area (Å²) < 4.78 is 13.9. The average molecular weight is 418 g/mol. The lowest BCUT2D eigenvalue weighted by Gasteiger charge is -2.31. The van der Waals surface area contributed by atoms with Crippen LogP contribution in [0.4, 0.5) is 10.1 Å². The minimum Gasteiger partial charge on any atom is -0.369 e. The van der Waals surface area contributed by atoms with Crippen molar-refractivity contribution in [2.24, 2.45) is 11.7 Å². The summed E-state index contributed by atoms with van der Waals surface area (Å²) >= 11 is 5.98. The molecule has 6 nitrogen and oxygen atoms in total. The molecule has 0 atom stereocenters. The molecule has 1 fully saturated rings. The molecule has 1 aliphatic heterocycles. The van der Waals surface area contributed by atoms with Gasteiger partial charge in [-0.2, -0.15) is 0 Å². The number of primary amides is 1. The van der Waals surface area contributed by atoms with Crippen LogP contribution >= 0.6 is 11.6 Å². The number of carbonyl (C=O) groups is 3. The fourth-order valence-corrected chi connectivity index (χ4v) is 3.60. The number of rotatable bonds is 5. The summed E-state index contributed by atoms with van der Waals surface area (Å²) in [4.78, 5) is 38.3. The van der Waals surface area contributed by atoms with E-state index in [1.807, 2.05) is 0 Å². The summed E-state index contributed by atoms with van der Waals surface area (Å²) in [5, 5.41) is 2.84. The Morgan fingerprint density at radius 3 is 2.45 bits per heavy atom. The number of nitrogens with two attached hydrogens (primary N) is 1. The number of hydrogen-bond acceptors (Lipinski definition) is 3. The second-order valence-electron chi connectivity index (χ2n) is 6.94. The molecular formula is C21H21ClFN3O3. The number of hydrogen-bond donors (Lipinski definition) is 2. The third kappa shape index (κ3) is 4.92. The molecule has 2 aromatic carbocycles. The first-order valence-electron chi connectivity index (χ1n) is 9.27. The van der Waals surface area contributed by atoms with Crippen LogP contribution in [-0.2, 0) is 16.0 Å². The number of amides is 3. The minimum atomic E-state index is -0.561. The second-order valence-corrected chi connectivity index (χ2v) is 7.35. The number of benzene rings is 2. The molecule has 0 radical (unpaired) electrons. The highest BCUT2D eigenvalue weighted by Crippen LogP contribution is 2.24. The third-order valence-corrected chi connectivity index (χ3v) is 5.37. The van der Waals surface area contributed by atoms with E-state index < -0.39 is 11.7 Å². The molecule has 0 saturated carbocycles. The lowest BCUT2D eigenvalue weighted by Crippen LogP contribution is -2.42. The average Bonchev–Trinajstić information content (AvgIpc) is 2.71. The number of anilines is 1. The molecule has 29 heavy (non-hydrogen) atoms. The lowest BCUT2D eigenvalue weighted by atomic mass is 9.95. The predicted octanol–water partition coefficient (Wildman–Crippen LogP) is 3.00. The Morgan fingerprint density at radius 2 is 1.79 bits per heavy atom. The monoisotopic (exact) mass is 417 g/mol. The Labute approximate surface area is 172 Å². The van der Waals surface area contributed by atoms with Crippen LogP contribution in [0, 0.1) is 11.7 Å². The summed E-state index contributed by atoms with van der Waals surface area (Å²) in [5.41, 5.74) is 6.11. The van der Waals surface area contributed by atoms with Crippen LogP contribution in [-0.4, -0.2) is 35.7 Å². The van der Waals surface area contributed by atoms with Gasteiger partial charge in [0.1, 0.15) is 5.82 Å². The summed E-state index contributed by atoms with van der Waals surface area (Å²) in [7, 11) is 0. The summed E-state index contributed by atoms with van der Waals surface area (Å²) in [6.07, 6.45) is 0.779. The Kier molecular flexibility index (Phi) is 6.49. The van der Waals surface area contributed by atoms with Crippen molar-refractivity contribution in [3.63, 3.8) is 0 Å². The minimum absolute atomic E-state index is 0.101. The largest absolute Gasteiger partial charge is 0.369 e. The quantitative estimate of drug-likeness (QED) is 0.783. The van der Waals surface area contributed by atoms with E-state index in [9.17, 15) is 18.8 Å². The molecule has 0 bridgehead atoms. The second kappa shape index (κ2) is 9.05. The number of piperidine rings is 1. The number of nitrogens with one attached hydrogen (secondary N) is 1. The summed E-state index contributed by atoms with van der Waals surface area (Å²) in [6.45, 7) is 0.832. The van der Waals surface area contributed by atoms with Crippen molar-refractivity contribution >= 4 is 35.0 Å². The van der Waals surface area contributed by atoms with E-state index in [0.29, 0.717) is 37.2 Å². The van der Waals surface area contributed by atoms with Crippen LogP contribution in [0.1, 0.15) is 28.8 Å². The van der Waals surface area contributed by atoms with Crippen molar-refractivity contribution in [1.29, 1.82) is 0 Å². The molecule has 3 rings (SSSR count).